The van der Waals surface area contributed by atoms with Crippen LogP contribution in [0.5, 0.6) is 0 Å². The summed E-state index contributed by atoms with van der Waals surface area (Å²) in [7, 11) is 0. The van der Waals surface area contributed by atoms with Gasteiger partial charge in [-0.05, 0) is 12.1 Å². The Morgan fingerprint density at radius 3 is 2.67 bits per heavy atom. The van der Waals surface area contributed by atoms with Crippen molar-refractivity contribution in [3.8, 4) is 0 Å². The van der Waals surface area contributed by atoms with E-state index >= 15 is 0 Å². The van der Waals surface area contributed by atoms with Crippen molar-refractivity contribution in [1.82, 2.24) is 4.98 Å². The lowest BCUT2D eigenvalue weighted by Crippen LogP contribution is -1.99. The highest BCUT2D eigenvalue weighted by Crippen LogP contribution is 2.21. The van der Waals surface area contributed by atoms with Crippen molar-refractivity contribution in [2.24, 2.45) is 0 Å². The minimum absolute atomic E-state index is 0.0888. The Kier molecular flexibility index (Phi) is 2.19. The molecule has 0 bridgehead atoms. The third kappa shape index (κ3) is 1.58. The predicted molar refractivity (Wildman–Crippen MR) is 51.7 cm³/mol. The summed E-state index contributed by atoms with van der Waals surface area (Å²) >= 11 is 0. The lowest BCUT2D eigenvalue weighted by atomic mass is 10.1. The van der Waals surface area contributed by atoms with Crippen LogP contribution in [0, 0.1) is 11.6 Å². The number of Topliss-reactive ketones (excluding diaryl/α,β-unsaturated/α-hetero) is 1. The lowest BCUT2D eigenvalue weighted by molar-refractivity contribution is 0.101. The molecule has 2 aromatic rings. The standard InChI is InChI=1S/C11H7F2NO/c1-6(15)11-9-4-7(12)5-10(13)8(9)2-3-14-11/h2-5H,1H3. The molecular formula is C11H7F2NO. The second kappa shape index (κ2) is 3.38. The first-order valence-electron chi connectivity index (χ1n) is 4.34. The Balaban J connectivity index is 2.91. The van der Waals surface area contributed by atoms with E-state index in [1.54, 1.807) is 0 Å². The van der Waals surface area contributed by atoms with Gasteiger partial charge in [0.05, 0.1) is 0 Å². The molecule has 0 aliphatic rings. The van der Waals surface area contributed by atoms with Crippen molar-refractivity contribution in [3.05, 3.63) is 41.7 Å². The van der Waals surface area contributed by atoms with Gasteiger partial charge in [0.25, 0.3) is 0 Å². The summed E-state index contributed by atoms with van der Waals surface area (Å²) in [5.41, 5.74) is 0.0888. The van der Waals surface area contributed by atoms with Crippen LogP contribution >= 0.6 is 0 Å². The number of pyridine rings is 1. The number of carbonyl (C=O) groups is 1. The van der Waals surface area contributed by atoms with Crippen LogP contribution in [0.25, 0.3) is 10.8 Å². The Labute approximate surface area is 84.6 Å². The Bertz CT molecular complexity index is 552. The zero-order valence-electron chi connectivity index (χ0n) is 7.92. The second-order valence-electron chi connectivity index (χ2n) is 3.20. The van der Waals surface area contributed by atoms with Gasteiger partial charge in [0.15, 0.2) is 5.78 Å². The molecule has 15 heavy (non-hydrogen) atoms. The number of aromatic nitrogens is 1. The van der Waals surface area contributed by atoms with Gasteiger partial charge in [0.2, 0.25) is 0 Å². The Morgan fingerprint density at radius 2 is 2.00 bits per heavy atom. The molecule has 0 atom stereocenters. The fraction of sp³-hybridized carbons (Fsp3) is 0.0909. The molecule has 0 radical (unpaired) electrons. The highest BCUT2D eigenvalue weighted by atomic mass is 19.1. The van der Waals surface area contributed by atoms with Gasteiger partial charge in [-0.1, -0.05) is 0 Å². The molecule has 0 aliphatic heterocycles. The van der Waals surface area contributed by atoms with E-state index in [0.29, 0.717) is 0 Å². The topological polar surface area (TPSA) is 30.0 Å². The van der Waals surface area contributed by atoms with E-state index in [9.17, 15) is 13.6 Å². The van der Waals surface area contributed by atoms with Gasteiger partial charge in [-0.2, -0.15) is 0 Å². The van der Waals surface area contributed by atoms with Gasteiger partial charge >= 0.3 is 0 Å². The molecule has 0 unspecified atom stereocenters. The maximum Gasteiger partial charge on any atom is 0.178 e. The van der Waals surface area contributed by atoms with E-state index in [2.05, 4.69) is 4.98 Å². The highest BCUT2D eigenvalue weighted by Gasteiger charge is 2.11. The normalized spacial score (nSPS) is 10.6. The zero-order valence-corrected chi connectivity index (χ0v) is 7.92. The number of ketones is 1. The molecule has 0 saturated heterocycles. The van der Waals surface area contributed by atoms with Gasteiger partial charge in [0.1, 0.15) is 17.3 Å². The monoisotopic (exact) mass is 207 g/mol. The molecule has 1 aromatic carbocycles. The van der Waals surface area contributed by atoms with Crippen molar-refractivity contribution < 1.29 is 13.6 Å². The smallest absolute Gasteiger partial charge is 0.178 e. The number of rotatable bonds is 1. The molecule has 0 fully saturated rings. The van der Waals surface area contributed by atoms with Crippen LogP contribution < -0.4 is 0 Å². The number of hydrogen-bond donors (Lipinski definition) is 0. The molecule has 0 amide bonds. The first-order valence-corrected chi connectivity index (χ1v) is 4.34. The first-order chi connectivity index (χ1) is 7.09. The van der Waals surface area contributed by atoms with E-state index in [4.69, 9.17) is 0 Å². The van der Waals surface area contributed by atoms with Crippen LogP contribution in [0.2, 0.25) is 0 Å². The number of hydrogen-bond acceptors (Lipinski definition) is 2. The number of carbonyl (C=O) groups excluding carboxylic acids is 1. The summed E-state index contributed by atoms with van der Waals surface area (Å²) in [5.74, 6) is -1.71. The Hall–Kier alpha value is -1.84. The lowest BCUT2D eigenvalue weighted by Gasteiger charge is -2.03. The average Bonchev–Trinajstić information content (AvgIpc) is 2.16. The fourth-order valence-corrected chi connectivity index (χ4v) is 1.49. The van der Waals surface area contributed by atoms with Gasteiger partial charge in [-0.25, -0.2) is 8.78 Å². The molecule has 0 N–H and O–H groups in total. The average molecular weight is 207 g/mol. The molecule has 0 spiro atoms. The quantitative estimate of drug-likeness (QED) is 0.673. The van der Waals surface area contributed by atoms with Crippen molar-refractivity contribution in [3.63, 3.8) is 0 Å². The van der Waals surface area contributed by atoms with Gasteiger partial charge < -0.3 is 0 Å². The van der Waals surface area contributed by atoms with Crippen molar-refractivity contribution in [2.75, 3.05) is 0 Å². The van der Waals surface area contributed by atoms with Crippen LogP contribution in [0.3, 0.4) is 0 Å². The third-order valence-electron chi connectivity index (χ3n) is 2.13. The number of halogens is 2. The Morgan fingerprint density at radius 1 is 1.27 bits per heavy atom. The summed E-state index contributed by atoms with van der Waals surface area (Å²) in [5, 5.41) is 0.416. The minimum atomic E-state index is -0.713. The summed E-state index contributed by atoms with van der Waals surface area (Å²) < 4.78 is 26.3. The number of nitrogens with zero attached hydrogens (tertiary/aromatic N) is 1. The van der Waals surface area contributed by atoms with Gasteiger partial charge in [-0.3, -0.25) is 9.78 Å². The summed E-state index contributed by atoms with van der Waals surface area (Å²) in [4.78, 5) is 15.0. The summed E-state index contributed by atoms with van der Waals surface area (Å²) in [6.07, 6.45) is 1.33. The molecule has 0 saturated carbocycles. The van der Waals surface area contributed by atoms with E-state index in [0.717, 1.165) is 12.1 Å². The highest BCUT2D eigenvalue weighted by molar-refractivity contribution is 6.05. The first kappa shape index (κ1) is 9.71. The van der Waals surface area contributed by atoms with Crippen LogP contribution in [0.15, 0.2) is 24.4 Å². The molecule has 0 aliphatic carbocycles. The maximum absolute atomic E-state index is 13.3. The van der Waals surface area contributed by atoms with Gasteiger partial charge in [-0.15, -0.1) is 0 Å². The molecule has 1 aromatic heterocycles. The van der Waals surface area contributed by atoms with E-state index in [1.165, 1.54) is 19.2 Å². The van der Waals surface area contributed by atoms with Crippen molar-refractivity contribution >= 4 is 16.6 Å². The molecule has 76 valence electrons. The van der Waals surface area contributed by atoms with Crippen LogP contribution in [0.1, 0.15) is 17.4 Å². The largest absolute Gasteiger partial charge is 0.293 e. The van der Waals surface area contributed by atoms with E-state index in [-0.39, 0.29) is 22.2 Å². The molecular weight excluding hydrogens is 200 g/mol. The summed E-state index contributed by atoms with van der Waals surface area (Å²) in [6, 6.07) is 3.31. The molecule has 2 nitrogen and oxygen atoms in total. The summed E-state index contributed by atoms with van der Waals surface area (Å²) in [6.45, 7) is 1.31. The molecule has 2 rings (SSSR count). The zero-order chi connectivity index (χ0) is 11.0. The number of fused-ring (bicyclic) bond motifs is 1. The van der Waals surface area contributed by atoms with E-state index < -0.39 is 11.6 Å². The SMILES string of the molecule is CC(=O)c1nccc2c(F)cc(F)cc12. The van der Waals surface area contributed by atoms with Crippen LogP contribution in [-0.2, 0) is 0 Å². The third-order valence-corrected chi connectivity index (χ3v) is 2.13. The van der Waals surface area contributed by atoms with E-state index in [1.807, 2.05) is 0 Å². The van der Waals surface area contributed by atoms with Gasteiger partial charge in [0, 0.05) is 30.0 Å². The second-order valence-corrected chi connectivity index (χ2v) is 3.20. The van der Waals surface area contributed by atoms with Crippen LogP contribution in [-0.4, -0.2) is 10.8 Å². The molecule has 4 heteroatoms. The maximum atomic E-state index is 13.3. The minimum Gasteiger partial charge on any atom is -0.293 e. The fourth-order valence-electron chi connectivity index (χ4n) is 1.49. The van der Waals surface area contributed by atoms with Crippen molar-refractivity contribution in [1.29, 1.82) is 0 Å². The number of benzene rings is 1. The predicted octanol–water partition coefficient (Wildman–Crippen LogP) is 2.72. The van der Waals surface area contributed by atoms with Crippen LogP contribution in [0.4, 0.5) is 8.78 Å². The molecule has 1 heterocycles. The van der Waals surface area contributed by atoms with Crippen molar-refractivity contribution in [2.45, 2.75) is 6.92 Å².